The van der Waals surface area contributed by atoms with E-state index in [1.54, 1.807) is 0 Å². The second kappa shape index (κ2) is 9.96. The number of carbonyl (C=O) groups excluding carboxylic acids is 2. The Morgan fingerprint density at radius 3 is 2.41 bits per heavy atom. The number of aliphatic hydroxyl groups is 1. The summed E-state index contributed by atoms with van der Waals surface area (Å²) in [6.45, 7) is 3.14. The summed E-state index contributed by atoms with van der Waals surface area (Å²) in [4.78, 5) is 29.4. The standard InChI is InChI=1S/C25H29FN2O4/c1-5-16-7-9-17(10-8-16)22-21(23(29)18-11-12-20(32-4)19(26)15-18)24(30)25(31)28(22)14-6-13-27(2)3/h7-12,15,22,29H,5-6,13-14H2,1-4H3. The molecule has 32 heavy (non-hydrogen) atoms. The maximum absolute atomic E-state index is 14.3. The van der Waals surface area contributed by atoms with Crippen LogP contribution in [0.1, 0.15) is 36.1 Å². The molecule has 7 heteroatoms. The van der Waals surface area contributed by atoms with Gasteiger partial charge in [0.1, 0.15) is 5.76 Å². The molecule has 3 rings (SSSR count). The number of Topliss-reactive ketones (excluding diaryl/α,β-unsaturated/α-hetero) is 1. The molecule has 1 saturated heterocycles. The Morgan fingerprint density at radius 1 is 1.16 bits per heavy atom. The lowest BCUT2D eigenvalue weighted by Crippen LogP contribution is -2.32. The molecular formula is C25H29FN2O4. The third-order valence-electron chi connectivity index (χ3n) is 5.67. The van der Waals surface area contributed by atoms with E-state index in [4.69, 9.17) is 4.74 Å². The van der Waals surface area contributed by atoms with Gasteiger partial charge in [0.2, 0.25) is 0 Å². The SMILES string of the molecule is CCc1ccc(C2C(=C(O)c3ccc(OC)c(F)c3)C(=O)C(=O)N2CCCN(C)C)cc1. The predicted molar refractivity (Wildman–Crippen MR) is 121 cm³/mol. The van der Waals surface area contributed by atoms with E-state index in [-0.39, 0.29) is 16.9 Å². The highest BCUT2D eigenvalue weighted by atomic mass is 19.1. The van der Waals surface area contributed by atoms with Gasteiger partial charge >= 0.3 is 0 Å². The first-order valence-electron chi connectivity index (χ1n) is 10.6. The molecule has 2 aromatic rings. The molecule has 1 atom stereocenters. The Kier molecular flexibility index (Phi) is 7.30. The van der Waals surface area contributed by atoms with Crippen LogP contribution in [0.15, 0.2) is 48.0 Å². The van der Waals surface area contributed by atoms with Crippen molar-refractivity contribution in [3.05, 3.63) is 70.5 Å². The summed E-state index contributed by atoms with van der Waals surface area (Å²) < 4.78 is 19.2. The largest absolute Gasteiger partial charge is 0.507 e. The number of carbonyl (C=O) groups is 2. The topological polar surface area (TPSA) is 70.1 Å². The number of hydrogen-bond acceptors (Lipinski definition) is 5. The van der Waals surface area contributed by atoms with Gasteiger partial charge in [-0.25, -0.2) is 4.39 Å². The van der Waals surface area contributed by atoms with Crippen molar-refractivity contribution in [2.24, 2.45) is 0 Å². The van der Waals surface area contributed by atoms with Crippen molar-refractivity contribution < 1.29 is 23.8 Å². The lowest BCUT2D eigenvalue weighted by molar-refractivity contribution is -0.139. The molecule has 0 aromatic heterocycles. The van der Waals surface area contributed by atoms with Crippen LogP contribution in [-0.4, -0.2) is 60.9 Å². The lowest BCUT2D eigenvalue weighted by Gasteiger charge is -2.26. The Morgan fingerprint density at radius 2 is 1.84 bits per heavy atom. The summed E-state index contributed by atoms with van der Waals surface area (Å²) in [5, 5.41) is 11.0. The van der Waals surface area contributed by atoms with Crippen molar-refractivity contribution in [2.75, 3.05) is 34.3 Å². The fourth-order valence-corrected chi connectivity index (χ4v) is 3.92. The maximum atomic E-state index is 14.3. The number of aliphatic hydroxyl groups excluding tert-OH is 1. The number of ketones is 1. The molecule has 1 N–H and O–H groups in total. The van der Waals surface area contributed by atoms with Crippen LogP contribution < -0.4 is 4.74 Å². The minimum atomic E-state index is -0.770. The number of hydrogen-bond donors (Lipinski definition) is 1. The van der Waals surface area contributed by atoms with E-state index < -0.39 is 29.3 Å². The van der Waals surface area contributed by atoms with Crippen molar-refractivity contribution in [3.8, 4) is 5.75 Å². The molecule has 0 aliphatic carbocycles. The summed E-state index contributed by atoms with van der Waals surface area (Å²) in [5.74, 6) is -2.47. The Labute approximate surface area is 187 Å². The maximum Gasteiger partial charge on any atom is 0.295 e. The van der Waals surface area contributed by atoms with Crippen LogP contribution in [0.4, 0.5) is 4.39 Å². The molecule has 2 aromatic carbocycles. The molecule has 0 bridgehead atoms. The Hall–Kier alpha value is -3.19. The fourth-order valence-electron chi connectivity index (χ4n) is 3.92. The summed E-state index contributed by atoms with van der Waals surface area (Å²) >= 11 is 0. The molecule has 6 nitrogen and oxygen atoms in total. The molecule has 0 radical (unpaired) electrons. The van der Waals surface area contributed by atoms with Crippen LogP contribution in [0.5, 0.6) is 5.75 Å². The first-order chi connectivity index (χ1) is 15.3. The molecule has 170 valence electrons. The number of methoxy groups -OCH3 is 1. The van der Waals surface area contributed by atoms with Gasteiger partial charge in [-0.3, -0.25) is 9.59 Å². The van der Waals surface area contributed by atoms with Gasteiger partial charge in [0, 0.05) is 12.1 Å². The molecule has 1 aliphatic heterocycles. The average molecular weight is 441 g/mol. The highest BCUT2D eigenvalue weighted by Crippen LogP contribution is 2.40. The van der Waals surface area contributed by atoms with E-state index in [1.807, 2.05) is 50.2 Å². The minimum Gasteiger partial charge on any atom is -0.507 e. The van der Waals surface area contributed by atoms with Crippen LogP contribution >= 0.6 is 0 Å². The van der Waals surface area contributed by atoms with Gasteiger partial charge < -0.3 is 19.6 Å². The van der Waals surface area contributed by atoms with Gasteiger partial charge in [-0.1, -0.05) is 31.2 Å². The van der Waals surface area contributed by atoms with E-state index in [0.717, 1.165) is 30.2 Å². The van der Waals surface area contributed by atoms with Gasteiger partial charge in [-0.05, 0) is 62.8 Å². The number of aryl methyl sites for hydroxylation is 1. The number of benzene rings is 2. The Bertz CT molecular complexity index is 1030. The quantitative estimate of drug-likeness (QED) is 0.384. The number of ether oxygens (including phenoxy) is 1. The first kappa shape index (κ1) is 23.5. The van der Waals surface area contributed by atoms with E-state index in [9.17, 15) is 19.1 Å². The Balaban J connectivity index is 2.10. The van der Waals surface area contributed by atoms with Crippen molar-refractivity contribution in [3.63, 3.8) is 0 Å². The number of nitrogens with zero attached hydrogens (tertiary/aromatic N) is 2. The van der Waals surface area contributed by atoms with E-state index in [2.05, 4.69) is 0 Å². The van der Waals surface area contributed by atoms with Crippen LogP contribution in [-0.2, 0) is 16.0 Å². The zero-order valence-electron chi connectivity index (χ0n) is 18.9. The highest BCUT2D eigenvalue weighted by molar-refractivity contribution is 6.46. The van der Waals surface area contributed by atoms with Gasteiger partial charge in [-0.2, -0.15) is 0 Å². The summed E-state index contributed by atoms with van der Waals surface area (Å²) in [7, 11) is 5.22. The molecular weight excluding hydrogens is 411 g/mol. The number of rotatable bonds is 8. The first-order valence-corrected chi connectivity index (χ1v) is 10.6. The van der Waals surface area contributed by atoms with Crippen LogP contribution in [0.2, 0.25) is 0 Å². The molecule has 0 saturated carbocycles. The van der Waals surface area contributed by atoms with Crippen molar-refractivity contribution in [1.29, 1.82) is 0 Å². The zero-order chi connectivity index (χ0) is 23.4. The van der Waals surface area contributed by atoms with Crippen molar-refractivity contribution in [1.82, 2.24) is 9.80 Å². The highest BCUT2D eigenvalue weighted by Gasteiger charge is 2.45. The normalized spacial score (nSPS) is 17.9. The fraction of sp³-hybridized carbons (Fsp3) is 0.360. The second-order valence-corrected chi connectivity index (χ2v) is 8.09. The van der Waals surface area contributed by atoms with Gasteiger partial charge in [-0.15, -0.1) is 0 Å². The summed E-state index contributed by atoms with van der Waals surface area (Å²) in [6.07, 6.45) is 1.52. The molecule has 1 unspecified atom stereocenters. The van der Waals surface area contributed by atoms with E-state index in [1.165, 1.54) is 24.1 Å². The van der Waals surface area contributed by atoms with Crippen molar-refractivity contribution in [2.45, 2.75) is 25.8 Å². The molecule has 1 fully saturated rings. The van der Waals surface area contributed by atoms with Gasteiger partial charge in [0.05, 0.1) is 18.7 Å². The summed E-state index contributed by atoms with van der Waals surface area (Å²) in [5.41, 5.74) is 1.93. The van der Waals surface area contributed by atoms with Gasteiger partial charge in [0.15, 0.2) is 11.6 Å². The third-order valence-corrected chi connectivity index (χ3v) is 5.67. The monoisotopic (exact) mass is 440 g/mol. The second-order valence-electron chi connectivity index (χ2n) is 8.09. The molecule has 0 spiro atoms. The van der Waals surface area contributed by atoms with Crippen LogP contribution in [0.3, 0.4) is 0 Å². The number of amides is 1. The van der Waals surface area contributed by atoms with Crippen molar-refractivity contribution >= 4 is 17.4 Å². The lowest BCUT2D eigenvalue weighted by atomic mass is 9.94. The predicted octanol–water partition coefficient (Wildman–Crippen LogP) is 3.77. The number of halogens is 1. The molecule has 1 heterocycles. The smallest absolute Gasteiger partial charge is 0.295 e. The third kappa shape index (κ3) is 4.67. The molecule has 1 amide bonds. The van der Waals surface area contributed by atoms with Crippen LogP contribution in [0, 0.1) is 5.82 Å². The van der Waals surface area contributed by atoms with E-state index in [0.29, 0.717) is 13.0 Å². The zero-order valence-corrected chi connectivity index (χ0v) is 18.9. The molecule has 1 aliphatic rings. The minimum absolute atomic E-state index is 0.0254. The number of likely N-dealkylation sites (tertiary alicyclic amines) is 1. The van der Waals surface area contributed by atoms with Gasteiger partial charge in [0.25, 0.3) is 11.7 Å². The van der Waals surface area contributed by atoms with Crippen LogP contribution in [0.25, 0.3) is 5.76 Å². The average Bonchev–Trinajstić information content (AvgIpc) is 3.03. The van der Waals surface area contributed by atoms with E-state index >= 15 is 0 Å². The summed E-state index contributed by atoms with van der Waals surface area (Å²) in [6, 6.07) is 10.8.